The number of hydrogen-bond donors (Lipinski definition) is 2. The first kappa shape index (κ1) is 15.7. The molecule has 0 saturated carbocycles. The minimum absolute atomic E-state index is 0. The van der Waals surface area contributed by atoms with Gasteiger partial charge in [0.05, 0.1) is 0 Å². The van der Waals surface area contributed by atoms with E-state index in [1.807, 2.05) is 18.3 Å². The van der Waals surface area contributed by atoms with Crippen LogP contribution in [-0.2, 0) is 6.42 Å². The Bertz CT molecular complexity index is 829. The summed E-state index contributed by atoms with van der Waals surface area (Å²) in [5.74, 6) is 1.64. The van der Waals surface area contributed by atoms with E-state index in [2.05, 4.69) is 29.2 Å². The second kappa shape index (κ2) is 6.52. The fourth-order valence-corrected chi connectivity index (χ4v) is 2.95. The highest BCUT2D eigenvalue weighted by atomic mass is 35.5. The summed E-state index contributed by atoms with van der Waals surface area (Å²) in [4.78, 5) is 3.33. The number of nitrogens with two attached hydrogens (primary N) is 1. The van der Waals surface area contributed by atoms with Crippen LogP contribution in [0, 0.1) is 0 Å². The van der Waals surface area contributed by atoms with Crippen molar-refractivity contribution in [2.75, 3.05) is 19.8 Å². The summed E-state index contributed by atoms with van der Waals surface area (Å²) >= 11 is 0. The number of ether oxygens (including phenoxy) is 2. The van der Waals surface area contributed by atoms with Crippen LogP contribution in [0.4, 0.5) is 0 Å². The molecule has 4 rings (SSSR count). The number of hydrogen-bond acceptors (Lipinski definition) is 3. The summed E-state index contributed by atoms with van der Waals surface area (Å²) in [5.41, 5.74) is 10.3. The van der Waals surface area contributed by atoms with Gasteiger partial charge in [0.2, 0.25) is 0 Å². The number of halogens is 1. The van der Waals surface area contributed by atoms with Gasteiger partial charge in [-0.3, -0.25) is 0 Å². The molecule has 5 heteroatoms. The van der Waals surface area contributed by atoms with Crippen molar-refractivity contribution in [3.63, 3.8) is 0 Å². The van der Waals surface area contributed by atoms with Crippen LogP contribution in [0.1, 0.15) is 5.56 Å². The second-order valence-electron chi connectivity index (χ2n) is 5.47. The van der Waals surface area contributed by atoms with Crippen molar-refractivity contribution < 1.29 is 9.47 Å². The summed E-state index contributed by atoms with van der Waals surface area (Å²) in [5, 5.41) is 1.24. The zero-order chi connectivity index (χ0) is 14.9. The molecule has 4 nitrogen and oxygen atoms in total. The van der Waals surface area contributed by atoms with E-state index in [-0.39, 0.29) is 12.4 Å². The van der Waals surface area contributed by atoms with Gasteiger partial charge in [0, 0.05) is 17.1 Å². The molecule has 1 aliphatic heterocycles. The van der Waals surface area contributed by atoms with E-state index in [1.54, 1.807) is 0 Å². The van der Waals surface area contributed by atoms with Gasteiger partial charge in [-0.05, 0) is 47.9 Å². The largest absolute Gasteiger partial charge is 0.486 e. The van der Waals surface area contributed by atoms with Crippen LogP contribution >= 0.6 is 12.4 Å². The quantitative estimate of drug-likeness (QED) is 0.772. The fraction of sp³-hybridized carbons (Fsp3) is 0.222. The lowest BCUT2D eigenvalue weighted by molar-refractivity contribution is 0.171. The Balaban J connectivity index is 0.00000156. The van der Waals surface area contributed by atoms with E-state index in [0.717, 1.165) is 34.6 Å². The molecule has 0 unspecified atom stereocenters. The Kier molecular flexibility index (Phi) is 4.46. The number of H-pyrrole nitrogens is 1. The normalized spacial score (nSPS) is 12.9. The molecule has 0 saturated heterocycles. The Morgan fingerprint density at radius 3 is 2.52 bits per heavy atom. The molecule has 0 spiro atoms. The number of aromatic amines is 1. The Hall–Kier alpha value is -2.17. The van der Waals surface area contributed by atoms with E-state index in [9.17, 15) is 0 Å². The maximum absolute atomic E-state index is 5.66. The molecule has 3 N–H and O–H groups in total. The van der Waals surface area contributed by atoms with Gasteiger partial charge in [-0.1, -0.05) is 18.2 Å². The Morgan fingerprint density at radius 2 is 1.70 bits per heavy atom. The molecule has 0 fully saturated rings. The molecule has 120 valence electrons. The SMILES string of the molecule is Cl.NCCc1c[nH]c2cc(-c3ccc4c(c3)OCCO4)ccc12. The standard InChI is InChI=1S/C18H18N2O2.ClH/c19-6-5-14-11-20-16-9-12(1-3-15(14)16)13-2-4-17-18(10-13)22-8-7-21-17;/h1-4,9-11,20H,5-8,19H2;1H. The van der Waals surface area contributed by atoms with Crippen LogP contribution in [0.2, 0.25) is 0 Å². The molecule has 2 heterocycles. The number of rotatable bonds is 3. The lowest BCUT2D eigenvalue weighted by Gasteiger charge is -2.19. The summed E-state index contributed by atoms with van der Waals surface area (Å²) in [6, 6.07) is 12.5. The highest BCUT2D eigenvalue weighted by Crippen LogP contribution is 2.35. The van der Waals surface area contributed by atoms with E-state index in [1.165, 1.54) is 10.9 Å². The maximum Gasteiger partial charge on any atom is 0.161 e. The fourth-order valence-electron chi connectivity index (χ4n) is 2.95. The number of aromatic nitrogens is 1. The molecule has 23 heavy (non-hydrogen) atoms. The summed E-state index contributed by atoms with van der Waals surface area (Å²) in [6.45, 7) is 1.89. The van der Waals surface area contributed by atoms with Gasteiger partial charge in [-0.15, -0.1) is 12.4 Å². The van der Waals surface area contributed by atoms with Gasteiger partial charge in [0.25, 0.3) is 0 Å². The first-order valence-corrected chi connectivity index (χ1v) is 7.55. The van der Waals surface area contributed by atoms with Crippen LogP contribution in [0.25, 0.3) is 22.0 Å². The molecular weight excluding hydrogens is 312 g/mol. The van der Waals surface area contributed by atoms with Gasteiger partial charge < -0.3 is 20.2 Å². The van der Waals surface area contributed by atoms with Gasteiger partial charge in [0.1, 0.15) is 13.2 Å². The zero-order valence-electron chi connectivity index (χ0n) is 12.7. The molecule has 0 radical (unpaired) electrons. The van der Waals surface area contributed by atoms with Crippen LogP contribution in [0.15, 0.2) is 42.6 Å². The molecule has 0 aliphatic carbocycles. The van der Waals surface area contributed by atoms with Crippen LogP contribution in [0.3, 0.4) is 0 Å². The van der Waals surface area contributed by atoms with Crippen molar-refractivity contribution in [1.82, 2.24) is 4.98 Å². The van der Waals surface area contributed by atoms with Gasteiger partial charge in [-0.25, -0.2) is 0 Å². The number of benzene rings is 2. The monoisotopic (exact) mass is 330 g/mol. The molecule has 1 aromatic heterocycles. The van der Waals surface area contributed by atoms with Crippen LogP contribution < -0.4 is 15.2 Å². The predicted molar refractivity (Wildman–Crippen MR) is 94.7 cm³/mol. The molecule has 2 aromatic carbocycles. The average molecular weight is 331 g/mol. The van der Waals surface area contributed by atoms with Crippen molar-refractivity contribution in [2.24, 2.45) is 5.73 Å². The third-order valence-corrected chi connectivity index (χ3v) is 4.06. The summed E-state index contributed by atoms with van der Waals surface area (Å²) < 4.78 is 11.2. The van der Waals surface area contributed by atoms with E-state index in [0.29, 0.717) is 19.8 Å². The van der Waals surface area contributed by atoms with Gasteiger partial charge in [0.15, 0.2) is 11.5 Å². The van der Waals surface area contributed by atoms with Crippen molar-refractivity contribution in [3.05, 3.63) is 48.2 Å². The first-order chi connectivity index (χ1) is 10.8. The number of fused-ring (bicyclic) bond motifs is 2. The Morgan fingerprint density at radius 1 is 0.957 bits per heavy atom. The zero-order valence-corrected chi connectivity index (χ0v) is 13.5. The maximum atomic E-state index is 5.66. The van der Waals surface area contributed by atoms with Gasteiger partial charge >= 0.3 is 0 Å². The van der Waals surface area contributed by atoms with Crippen molar-refractivity contribution in [2.45, 2.75) is 6.42 Å². The molecular formula is C18H19ClN2O2. The van der Waals surface area contributed by atoms with Crippen molar-refractivity contribution in [3.8, 4) is 22.6 Å². The lowest BCUT2D eigenvalue weighted by atomic mass is 10.0. The second-order valence-corrected chi connectivity index (χ2v) is 5.47. The molecule has 0 atom stereocenters. The average Bonchev–Trinajstić information content (AvgIpc) is 2.97. The Labute approximate surface area is 141 Å². The summed E-state index contributed by atoms with van der Waals surface area (Å²) in [7, 11) is 0. The molecule has 3 aromatic rings. The van der Waals surface area contributed by atoms with Gasteiger partial charge in [-0.2, -0.15) is 0 Å². The van der Waals surface area contributed by atoms with Crippen LogP contribution in [-0.4, -0.2) is 24.7 Å². The summed E-state index contributed by atoms with van der Waals surface area (Å²) in [6.07, 6.45) is 2.94. The smallest absolute Gasteiger partial charge is 0.161 e. The van der Waals surface area contributed by atoms with Crippen LogP contribution in [0.5, 0.6) is 11.5 Å². The first-order valence-electron chi connectivity index (χ1n) is 7.55. The predicted octanol–water partition coefficient (Wildman–Crippen LogP) is 3.53. The third kappa shape index (κ3) is 2.87. The lowest BCUT2D eigenvalue weighted by Crippen LogP contribution is -2.15. The highest BCUT2D eigenvalue weighted by molar-refractivity contribution is 5.88. The van der Waals surface area contributed by atoms with Crippen molar-refractivity contribution in [1.29, 1.82) is 0 Å². The highest BCUT2D eigenvalue weighted by Gasteiger charge is 2.13. The van der Waals surface area contributed by atoms with E-state index < -0.39 is 0 Å². The van der Waals surface area contributed by atoms with E-state index in [4.69, 9.17) is 15.2 Å². The topological polar surface area (TPSA) is 60.3 Å². The molecule has 0 bridgehead atoms. The molecule has 0 amide bonds. The number of nitrogens with one attached hydrogen (secondary N) is 1. The third-order valence-electron chi connectivity index (χ3n) is 4.06. The molecule has 1 aliphatic rings. The van der Waals surface area contributed by atoms with Crippen molar-refractivity contribution >= 4 is 23.3 Å². The minimum atomic E-state index is 0. The van der Waals surface area contributed by atoms with E-state index >= 15 is 0 Å². The minimum Gasteiger partial charge on any atom is -0.486 e.